The van der Waals surface area contributed by atoms with Crippen LogP contribution in [-0.4, -0.2) is 82.3 Å². The summed E-state index contributed by atoms with van der Waals surface area (Å²) in [5.74, 6) is -2.32. The normalized spacial score (nSPS) is 13.6. The zero-order valence-electron chi connectivity index (χ0n) is 38.1. The molecule has 0 radical (unpaired) electrons. The minimum atomic E-state index is -1.63. The van der Waals surface area contributed by atoms with Crippen molar-refractivity contribution in [1.29, 1.82) is 0 Å². The van der Waals surface area contributed by atoms with Crippen LogP contribution in [0.4, 0.5) is 0 Å². The van der Waals surface area contributed by atoms with E-state index in [4.69, 9.17) is 18.9 Å². The molecule has 0 aliphatic heterocycles. The minimum Gasteiger partial charge on any atom is -0.545 e. The summed E-state index contributed by atoms with van der Waals surface area (Å²) in [6.07, 6.45) is 47.9. The predicted molar refractivity (Wildman–Crippen MR) is 241 cm³/mol. The molecule has 2 unspecified atom stereocenters. The van der Waals surface area contributed by atoms with Crippen molar-refractivity contribution in [2.24, 2.45) is 0 Å². The molecule has 0 heterocycles. The molecule has 0 fully saturated rings. The van der Waals surface area contributed by atoms with Gasteiger partial charge < -0.3 is 33.3 Å². The van der Waals surface area contributed by atoms with Gasteiger partial charge in [-0.3, -0.25) is 9.59 Å². The Morgan fingerprint density at radius 3 is 1.46 bits per heavy atom. The summed E-state index contributed by atoms with van der Waals surface area (Å²) in [6.45, 7) is 4.54. The average molecular weight is 828 g/mol. The third-order valence-electron chi connectivity index (χ3n) is 9.44. The number of ether oxygens (including phenoxy) is 4. The molecular formula is C50H85NO8. The molecule has 0 amide bonds. The van der Waals surface area contributed by atoms with E-state index in [0.29, 0.717) is 17.4 Å². The summed E-state index contributed by atoms with van der Waals surface area (Å²) in [7, 11) is 5.89. The monoisotopic (exact) mass is 828 g/mol. The van der Waals surface area contributed by atoms with Gasteiger partial charge in [-0.05, 0) is 77.0 Å². The van der Waals surface area contributed by atoms with Crippen LogP contribution in [0.2, 0.25) is 0 Å². The molecule has 338 valence electrons. The molecule has 0 aromatic rings. The van der Waals surface area contributed by atoms with Crippen LogP contribution in [0.25, 0.3) is 0 Å². The van der Waals surface area contributed by atoms with Crippen molar-refractivity contribution < 1.29 is 42.9 Å². The molecule has 0 bridgehead atoms. The van der Waals surface area contributed by atoms with Crippen molar-refractivity contribution in [2.45, 2.75) is 180 Å². The lowest BCUT2D eigenvalue weighted by Crippen LogP contribution is -2.44. The average Bonchev–Trinajstić information content (AvgIpc) is 3.19. The van der Waals surface area contributed by atoms with Crippen molar-refractivity contribution in [3.63, 3.8) is 0 Å². The Morgan fingerprint density at radius 2 is 0.966 bits per heavy atom. The number of carboxylic acids is 1. The maximum Gasteiger partial charge on any atom is 0.306 e. The van der Waals surface area contributed by atoms with Crippen molar-refractivity contribution in [3.05, 3.63) is 72.9 Å². The number of carbonyl (C=O) groups excluding carboxylic acids is 3. The highest BCUT2D eigenvalue weighted by Crippen LogP contribution is 2.13. The first-order chi connectivity index (χ1) is 28.6. The van der Waals surface area contributed by atoms with E-state index in [1.54, 1.807) is 0 Å². The van der Waals surface area contributed by atoms with Gasteiger partial charge in [-0.1, -0.05) is 151 Å². The lowest BCUT2D eigenvalue weighted by Gasteiger charge is -2.26. The number of hydrogen-bond acceptors (Lipinski definition) is 8. The fraction of sp³-hybridized carbons (Fsp3) is 0.700. The van der Waals surface area contributed by atoms with Gasteiger partial charge in [0.1, 0.15) is 13.2 Å². The van der Waals surface area contributed by atoms with Gasteiger partial charge in [-0.2, -0.15) is 0 Å². The second-order valence-corrected chi connectivity index (χ2v) is 16.3. The molecule has 9 heteroatoms. The second-order valence-electron chi connectivity index (χ2n) is 16.3. The molecule has 59 heavy (non-hydrogen) atoms. The molecule has 0 saturated carbocycles. The summed E-state index contributed by atoms with van der Waals surface area (Å²) < 4.78 is 22.5. The molecule has 2 atom stereocenters. The molecule has 0 spiro atoms. The number of unbranched alkanes of at least 4 members (excludes halogenated alkanes) is 14. The molecule has 0 rings (SSSR count). The molecule has 0 aromatic heterocycles. The largest absolute Gasteiger partial charge is 0.545 e. The molecule has 0 aliphatic rings. The number of hydrogen-bond donors (Lipinski definition) is 0. The standard InChI is InChI=1S/C50H85NO8/c1-6-8-10-12-14-16-18-19-20-21-22-23-24-25-26-27-28-29-31-33-35-37-39-41-48(53)59-46(45-58-50(49(54)55)56-43-42-51(3,4)5)44-57-47(52)40-38-36-34-32-30-17-15-13-11-9-7-2/h8,10,13-16,19-20,22-23,25-26,46,50H,6-7,9,11-12,17-18,21,24,27-45H2,1-5H3/b10-8-,15-13-,16-14-,20-19-,23-22-,26-25-. The van der Waals surface area contributed by atoms with Gasteiger partial charge in [0.15, 0.2) is 12.4 Å². The molecule has 0 aromatic carbocycles. The summed E-state index contributed by atoms with van der Waals surface area (Å²) in [6, 6.07) is 0. The first kappa shape index (κ1) is 55.7. The van der Waals surface area contributed by atoms with Gasteiger partial charge in [-0.15, -0.1) is 0 Å². The van der Waals surface area contributed by atoms with Gasteiger partial charge in [0, 0.05) is 12.8 Å². The number of esters is 2. The molecule has 0 aliphatic carbocycles. The predicted octanol–water partition coefficient (Wildman–Crippen LogP) is 11.0. The summed E-state index contributed by atoms with van der Waals surface area (Å²) >= 11 is 0. The zero-order chi connectivity index (χ0) is 43.5. The van der Waals surface area contributed by atoms with Crippen LogP contribution in [0.5, 0.6) is 0 Å². The zero-order valence-corrected chi connectivity index (χ0v) is 38.1. The van der Waals surface area contributed by atoms with E-state index in [2.05, 4.69) is 86.8 Å². The van der Waals surface area contributed by atoms with Crippen LogP contribution in [0.15, 0.2) is 72.9 Å². The second kappa shape index (κ2) is 41.5. The third kappa shape index (κ3) is 42.7. The number of allylic oxidation sites excluding steroid dienone is 12. The van der Waals surface area contributed by atoms with E-state index in [-0.39, 0.29) is 38.6 Å². The van der Waals surface area contributed by atoms with Crippen molar-refractivity contribution >= 4 is 17.9 Å². The van der Waals surface area contributed by atoms with Crippen LogP contribution < -0.4 is 5.11 Å². The van der Waals surface area contributed by atoms with Crippen molar-refractivity contribution in [3.8, 4) is 0 Å². The lowest BCUT2D eigenvalue weighted by molar-refractivity contribution is -0.870. The van der Waals surface area contributed by atoms with Gasteiger partial charge in [0.25, 0.3) is 0 Å². The first-order valence-corrected chi connectivity index (χ1v) is 23.1. The summed E-state index contributed by atoms with van der Waals surface area (Å²) in [4.78, 5) is 37.0. The van der Waals surface area contributed by atoms with E-state index < -0.39 is 24.3 Å². The summed E-state index contributed by atoms with van der Waals surface area (Å²) in [5, 5.41) is 11.7. The van der Waals surface area contributed by atoms with Gasteiger partial charge in [0.05, 0.1) is 40.3 Å². The molecular weight excluding hydrogens is 743 g/mol. The Labute approximate surface area is 360 Å². The smallest absolute Gasteiger partial charge is 0.306 e. The molecule has 0 N–H and O–H groups in total. The highest BCUT2D eigenvalue weighted by Gasteiger charge is 2.21. The lowest BCUT2D eigenvalue weighted by atomic mass is 10.1. The number of quaternary nitrogens is 1. The van der Waals surface area contributed by atoms with Crippen LogP contribution in [-0.2, 0) is 33.3 Å². The Balaban J connectivity index is 4.40. The highest BCUT2D eigenvalue weighted by atomic mass is 16.7. The Kier molecular flexibility index (Phi) is 39.2. The van der Waals surface area contributed by atoms with Gasteiger partial charge in [-0.25, -0.2) is 0 Å². The van der Waals surface area contributed by atoms with E-state index in [0.717, 1.165) is 103 Å². The number of nitrogens with zero attached hydrogens (tertiary/aromatic N) is 1. The van der Waals surface area contributed by atoms with E-state index in [1.807, 2.05) is 21.1 Å². The first-order valence-electron chi connectivity index (χ1n) is 23.1. The van der Waals surface area contributed by atoms with E-state index >= 15 is 0 Å². The number of likely N-dealkylation sites (N-methyl/N-ethyl adjacent to an activating group) is 1. The van der Waals surface area contributed by atoms with Crippen LogP contribution in [0, 0.1) is 0 Å². The van der Waals surface area contributed by atoms with Crippen LogP contribution >= 0.6 is 0 Å². The number of aliphatic carboxylic acids is 1. The third-order valence-corrected chi connectivity index (χ3v) is 9.44. The minimum absolute atomic E-state index is 0.140. The Bertz CT molecular complexity index is 1200. The number of carbonyl (C=O) groups is 3. The van der Waals surface area contributed by atoms with Gasteiger partial charge >= 0.3 is 11.9 Å². The Hall–Kier alpha value is -3.27. The van der Waals surface area contributed by atoms with Gasteiger partial charge in [0.2, 0.25) is 0 Å². The fourth-order valence-electron chi connectivity index (χ4n) is 5.84. The van der Waals surface area contributed by atoms with Crippen molar-refractivity contribution in [1.82, 2.24) is 0 Å². The molecule has 9 nitrogen and oxygen atoms in total. The number of rotatable bonds is 41. The van der Waals surface area contributed by atoms with Crippen LogP contribution in [0.3, 0.4) is 0 Å². The molecule has 0 saturated heterocycles. The Morgan fingerprint density at radius 1 is 0.525 bits per heavy atom. The highest BCUT2D eigenvalue weighted by molar-refractivity contribution is 5.70. The maximum absolute atomic E-state index is 12.8. The van der Waals surface area contributed by atoms with E-state index in [9.17, 15) is 19.5 Å². The number of carboxylic acid groups (broad SMARTS) is 1. The maximum atomic E-state index is 12.8. The summed E-state index contributed by atoms with van der Waals surface area (Å²) in [5.41, 5.74) is 0. The fourth-order valence-corrected chi connectivity index (χ4v) is 5.84. The quantitative estimate of drug-likeness (QED) is 0.0197. The SMILES string of the molecule is CC/C=C\C/C=C\C/C=C\C/C=C\C/C=C\CCCCCCCCCC(=O)OC(COC(=O)CCCCCCC/C=C\CCCC)COC(OCC[N+](C)(C)C)C(=O)[O-]. The topological polar surface area (TPSA) is 111 Å². The van der Waals surface area contributed by atoms with Crippen molar-refractivity contribution in [2.75, 3.05) is 47.5 Å². The van der Waals surface area contributed by atoms with Crippen LogP contribution in [0.1, 0.15) is 168 Å². The van der Waals surface area contributed by atoms with E-state index in [1.165, 1.54) is 32.1 Å².